The number of fused-ring (bicyclic) bond motifs is 3. The maximum atomic E-state index is 14.8. The molecule has 3 N–H and O–H groups in total. The predicted octanol–water partition coefficient (Wildman–Crippen LogP) is 4.20. The van der Waals surface area contributed by atoms with Gasteiger partial charge in [0.05, 0.1) is 16.6 Å². The van der Waals surface area contributed by atoms with Crippen molar-refractivity contribution in [2.45, 2.75) is 44.7 Å². The molecule has 0 radical (unpaired) electrons. The van der Waals surface area contributed by atoms with Gasteiger partial charge in [0.1, 0.15) is 5.82 Å². The summed E-state index contributed by atoms with van der Waals surface area (Å²) >= 11 is 0. The number of likely N-dealkylation sites (N-methyl/N-ethyl adjacent to an activating group) is 1. The number of hydrogen-bond acceptors (Lipinski definition) is 6. The van der Waals surface area contributed by atoms with E-state index < -0.39 is 5.54 Å². The lowest BCUT2D eigenvalue weighted by Crippen LogP contribution is -2.34. The number of aryl methyl sites for hydroxylation is 1. The maximum Gasteiger partial charge on any atom is 0.229 e. The molecule has 1 aliphatic heterocycles. The van der Waals surface area contributed by atoms with Crippen molar-refractivity contribution in [3.05, 3.63) is 70.9 Å². The molecule has 34 heavy (non-hydrogen) atoms. The molecule has 8 heteroatoms. The number of nitrogens with two attached hydrogens (primary N) is 1. The standard InChI is InChI=1S/C26H28FN7/c1-3-26(28)10-8-17-5-7-22(31-23(17)26)34-15-21(27)20-13-29-25(32-24(20)34)30-19-6-4-16-9-11-33(2)14-18(16)12-19/h4-7,12-13,15H,3,8-11,14,28H2,1-2H3,(H,29,30,32). The molecule has 2 aliphatic rings. The molecule has 3 aromatic heterocycles. The van der Waals surface area contributed by atoms with Gasteiger partial charge in [0.25, 0.3) is 0 Å². The molecule has 4 heterocycles. The normalized spacial score (nSPS) is 19.9. The van der Waals surface area contributed by atoms with Gasteiger partial charge in [0.15, 0.2) is 11.5 Å². The molecular weight excluding hydrogens is 429 g/mol. The van der Waals surface area contributed by atoms with E-state index in [1.165, 1.54) is 29.1 Å². The van der Waals surface area contributed by atoms with E-state index in [9.17, 15) is 4.39 Å². The summed E-state index contributed by atoms with van der Waals surface area (Å²) in [5, 5.41) is 3.65. The van der Waals surface area contributed by atoms with E-state index in [2.05, 4.69) is 52.4 Å². The van der Waals surface area contributed by atoms with Crippen LogP contribution in [0.1, 0.15) is 42.1 Å². The topological polar surface area (TPSA) is 84.9 Å². The van der Waals surface area contributed by atoms with E-state index in [1.807, 2.05) is 12.1 Å². The first-order valence-electron chi connectivity index (χ1n) is 11.8. The first-order valence-corrected chi connectivity index (χ1v) is 11.8. The molecule has 0 saturated carbocycles. The highest BCUT2D eigenvalue weighted by molar-refractivity contribution is 5.79. The van der Waals surface area contributed by atoms with Gasteiger partial charge in [0, 0.05) is 31.2 Å². The Morgan fingerprint density at radius 3 is 2.82 bits per heavy atom. The summed E-state index contributed by atoms with van der Waals surface area (Å²) in [5.74, 6) is 0.647. The number of pyridine rings is 1. The molecule has 0 fully saturated rings. The number of benzene rings is 1. The third-order valence-electron chi connectivity index (χ3n) is 7.32. The summed E-state index contributed by atoms with van der Waals surface area (Å²) in [6, 6.07) is 10.3. The van der Waals surface area contributed by atoms with Crippen LogP contribution in [0.4, 0.5) is 16.0 Å². The van der Waals surface area contributed by atoms with E-state index in [0.29, 0.717) is 22.8 Å². The minimum atomic E-state index is -0.435. The molecule has 7 nitrogen and oxygen atoms in total. The Labute approximate surface area is 197 Å². The Balaban J connectivity index is 1.37. The van der Waals surface area contributed by atoms with Crippen LogP contribution in [-0.2, 0) is 24.9 Å². The van der Waals surface area contributed by atoms with Crippen LogP contribution < -0.4 is 11.1 Å². The Morgan fingerprint density at radius 2 is 1.97 bits per heavy atom. The maximum absolute atomic E-state index is 14.8. The summed E-state index contributed by atoms with van der Waals surface area (Å²) in [6.45, 7) is 4.07. The van der Waals surface area contributed by atoms with Gasteiger partial charge in [-0.3, -0.25) is 4.57 Å². The highest BCUT2D eigenvalue weighted by Crippen LogP contribution is 2.36. The van der Waals surface area contributed by atoms with Crippen LogP contribution in [0.3, 0.4) is 0 Å². The van der Waals surface area contributed by atoms with Gasteiger partial charge in [-0.05, 0) is 67.6 Å². The Bertz CT molecular complexity index is 1410. The molecule has 4 aromatic rings. The van der Waals surface area contributed by atoms with Crippen molar-refractivity contribution in [3.63, 3.8) is 0 Å². The fraction of sp³-hybridized carbons (Fsp3) is 0.346. The molecule has 0 spiro atoms. The van der Waals surface area contributed by atoms with Crippen LogP contribution in [0.25, 0.3) is 16.9 Å². The summed E-state index contributed by atoms with van der Waals surface area (Å²) in [7, 11) is 2.13. The quantitative estimate of drug-likeness (QED) is 0.478. The molecule has 0 saturated heterocycles. The van der Waals surface area contributed by atoms with Crippen molar-refractivity contribution in [3.8, 4) is 5.82 Å². The van der Waals surface area contributed by atoms with Crippen LogP contribution in [-0.4, -0.2) is 38.0 Å². The van der Waals surface area contributed by atoms with Gasteiger partial charge in [-0.2, -0.15) is 4.98 Å². The van der Waals surface area contributed by atoms with Crippen LogP contribution >= 0.6 is 0 Å². The van der Waals surface area contributed by atoms with Gasteiger partial charge in [-0.15, -0.1) is 0 Å². The first-order chi connectivity index (χ1) is 16.4. The minimum Gasteiger partial charge on any atom is -0.324 e. The van der Waals surface area contributed by atoms with E-state index in [4.69, 9.17) is 10.7 Å². The van der Waals surface area contributed by atoms with E-state index >= 15 is 0 Å². The number of anilines is 2. The largest absolute Gasteiger partial charge is 0.324 e. The first kappa shape index (κ1) is 21.2. The van der Waals surface area contributed by atoms with E-state index in [-0.39, 0.29) is 5.82 Å². The average molecular weight is 458 g/mol. The van der Waals surface area contributed by atoms with Crippen LogP contribution in [0.5, 0.6) is 0 Å². The minimum absolute atomic E-state index is 0.356. The molecule has 1 aliphatic carbocycles. The van der Waals surface area contributed by atoms with Crippen molar-refractivity contribution >= 4 is 22.7 Å². The number of aromatic nitrogens is 4. The van der Waals surface area contributed by atoms with Crippen molar-refractivity contribution in [2.24, 2.45) is 5.73 Å². The lowest BCUT2D eigenvalue weighted by molar-refractivity contribution is 0.313. The molecule has 1 atom stereocenters. The van der Waals surface area contributed by atoms with Crippen LogP contribution in [0.2, 0.25) is 0 Å². The fourth-order valence-electron chi connectivity index (χ4n) is 5.17. The van der Waals surface area contributed by atoms with Crippen molar-refractivity contribution < 1.29 is 4.39 Å². The summed E-state index contributed by atoms with van der Waals surface area (Å²) < 4.78 is 16.5. The molecule has 6 rings (SSSR count). The molecule has 0 bridgehead atoms. The monoisotopic (exact) mass is 457 g/mol. The van der Waals surface area contributed by atoms with E-state index in [1.54, 1.807) is 4.57 Å². The summed E-state index contributed by atoms with van der Waals surface area (Å²) in [5.41, 5.74) is 12.3. The van der Waals surface area contributed by atoms with Crippen LogP contribution in [0, 0.1) is 5.82 Å². The van der Waals surface area contributed by atoms with Crippen molar-refractivity contribution in [2.75, 3.05) is 18.9 Å². The summed E-state index contributed by atoms with van der Waals surface area (Å²) in [6.07, 6.45) is 6.60. The highest BCUT2D eigenvalue weighted by atomic mass is 19.1. The Kier molecular flexibility index (Phi) is 4.89. The van der Waals surface area contributed by atoms with Gasteiger partial charge < -0.3 is 16.0 Å². The van der Waals surface area contributed by atoms with Crippen molar-refractivity contribution in [1.82, 2.24) is 24.4 Å². The molecule has 1 aromatic carbocycles. The molecule has 0 amide bonds. The zero-order chi connectivity index (χ0) is 23.4. The SMILES string of the molecule is CCC1(N)CCc2ccc(-n3cc(F)c4cnc(Nc5ccc6c(c5)CN(C)CC6)nc43)nc21. The lowest BCUT2D eigenvalue weighted by atomic mass is 9.94. The second-order valence-electron chi connectivity index (χ2n) is 9.56. The van der Waals surface area contributed by atoms with Gasteiger partial charge >= 0.3 is 0 Å². The zero-order valence-electron chi connectivity index (χ0n) is 19.5. The number of nitrogens with one attached hydrogen (secondary N) is 1. The lowest BCUT2D eigenvalue weighted by Gasteiger charge is -2.25. The third-order valence-corrected chi connectivity index (χ3v) is 7.32. The molecular formula is C26H28FN7. The predicted molar refractivity (Wildman–Crippen MR) is 131 cm³/mol. The Morgan fingerprint density at radius 1 is 1.12 bits per heavy atom. The fourth-order valence-corrected chi connectivity index (χ4v) is 5.17. The number of hydrogen-bond donors (Lipinski definition) is 2. The number of halogens is 1. The average Bonchev–Trinajstić information content (AvgIpc) is 3.35. The zero-order valence-corrected chi connectivity index (χ0v) is 19.5. The van der Waals surface area contributed by atoms with Gasteiger partial charge in [0.2, 0.25) is 5.95 Å². The second-order valence-corrected chi connectivity index (χ2v) is 9.56. The molecule has 1 unspecified atom stereocenters. The smallest absolute Gasteiger partial charge is 0.229 e. The van der Waals surface area contributed by atoms with Gasteiger partial charge in [-0.1, -0.05) is 19.1 Å². The van der Waals surface area contributed by atoms with Gasteiger partial charge in [-0.25, -0.2) is 14.4 Å². The van der Waals surface area contributed by atoms with E-state index in [0.717, 1.165) is 50.2 Å². The number of rotatable bonds is 4. The third kappa shape index (κ3) is 3.45. The molecule has 174 valence electrons. The number of nitrogens with zero attached hydrogens (tertiary/aromatic N) is 5. The second kappa shape index (κ2) is 7.85. The highest BCUT2D eigenvalue weighted by Gasteiger charge is 2.35. The van der Waals surface area contributed by atoms with Crippen molar-refractivity contribution in [1.29, 1.82) is 0 Å². The summed E-state index contributed by atoms with van der Waals surface area (Å²) in [4.78, 5) is 16.2. The van der Waals surface area contributed by atoms with Crippen LogP contribution in [0.15, 0.2) is 42.7 Å². The Hall–Kier alpha value is -3.36.